The van der Waals surface area contributed by atoms with Crippen molar-refractivity contribution < 1.29 is 19.8 Å². The van der Waals surface area contributed by atoms with Crippen LogP contribution in [-0.4, -0.2) is 45.7 Å². The van der Waals surface area contributed by atoms with Crippen LogP contribution in [0, 0.1) is 5.92 Å². The normalized spacial score (nSPS) is 17.6. The van der Waals surface area contributed by atoms with Crippen LogP contribution in [0.3, 0.4) is 0 Å². The molecule has 5 heteroatoms. The highest BCUT2D eigenvalue weighted by Crippen LogP contribution is 2.28. The molecule has 2 rings (SSSR count). The number of aliphatic hydroxyl groups is 2. The van der Waals surface area contributed by atoms with E-state index in [1.807, 2.05) is 13.8 Å². The van der Waals surface area contributed by atoms with Crippen LogP contribution in [0.4, 0.5) is 0 Å². The third-order valence-corrected chi connectivity index (χ3v) is 3.50. The van der Waals surface area contributed by atoms with Crippen molar-refractivity contribution in [3.8, 4) is 0 Å². The third kappa shape index (κ3) is 2.46. The van der Waals surface area contributed by atoms with E-state index in [-0.39, 0.29) is 5.92 Å². The summed E-state index contributed by atoms with van der Waals surface area (Å²) >= 11 is 0. The highest BCUT2D eigenvalue weighted by Gasteiger charge is 2.42. The van der Waals surface area contributed by atoms with Crippen LogP contribution < -0.4 is 0 Å². The maximum atomic E-state index is 12.4. The molecule has 2 amide bonds. The minimum Gasteiger partial charge on any atom is -0.394 e. The lowest BCUT2D eigenvalue weighted by atomic mass is 9.98. The summed E-state index contributed by atoms with van der Waals surface area (Å²) in [5, 5.41) is 19.1. The Bertz CT molecular complexity index is 491. The average Bonchev–Trinajstić information content (AvgIpc) is 2.68. The molecule has 2 atom stereocenters. The maximum Gasteiger partial charge on any atom is 0.261 e. The molecule has 0 saturated heterocycles. The first-order valence-electron chi connectivity index (χ1n) is 6.73. The molecule has 0 bridgehead atoms. The molecule has 1 heterocycles. The van der Waals surface area contributed by atoms with Gasteiger partial charge in [-0.05, 0) is 24.5 Å². The summed E-state index contributed by atoms with van der Waals surface area (Å²) in [7, 11) is 0. The molecule has 1 aliphatic rings. The molecular formula is C15H19NO4. The highest BCUT2D eigenvalue weighted by atomic mass is 16.3. The fourth-order valence-electron chi connectivity index (χ4n) is 2.55. The second kappa shape index (κ2) is 5.73. The Kier molecular flexibility index (Phi) is 4.20. The van der Waals surface area contributed by atoms with Crippen molar-refractivity contribution in [3.63, 3.8) is 0 Å². The number of amides is 2. The van der Waals surface area contributed by atoms with E-state index in [0.717, 1.165) is 4.90 Å². The maximum absolute atomic E-state index is 12.4. The Hall–Kier alpha value is -1.72. The van der Waals surface area contributed by atoms with Gasteiger partial charge in [-0.25, -0.2) is 0 Å². The molecule has 0 unspecified atom stereocenters. The molecule has 0 spiro atoms. The van der Waals surface area contributed by atoms with Gasteiger partial charge in [0.05, 0.1) is 29.9 Å². The smallest absolute Gasteiger partial charge is 0.261 e. The predicted molar refractivity (Wildman–Crippen MR) is 73.3 cm³/mol. The van der Waals surface area contributed by atoms with Gasteiger partial charge < -0.3 is 10.2 Å². The molecule has 1 aromatic rings. The number of aliphatic hydroxyl groups excluding tert-OH is 2. The van der Waals surface area contributed by atoms with Crippen molar-refractivity contribution in [3.05, 3.63) is 35.4 Å². The first kappa shape index (κ1) is 14.7. The summed E-state index contributed by atoms with van der Waals surface area (Å²) in [6, 6.07) is 5.91. The van der Waals surface area contributed by atoms with Crippen LogP contribution in [0.2, 0.25) is 0 Å². The third-order valence-electron chi connectivity index (χ3n) is 3.50. The van der Waals surface area contributed by atoms with E-state index in [9.17, 15) is 14.7 Å². The van der Waals surface area contributed by atoms with Gasteiger partial charge in [0.2, 0.25) is 0 Å². The summed E-state index contributed by atoms with van der Waals surface area (Å²) in [6.07, 6.45) is -0.674. The van der Waals surface area contributed by atoms with Crippen molar-refractivity contribution in [1.82, 2.24) is 4.90 Å². The quantitative estimate of drug-likeness (QED) is 0.789. The zero-order valence-electron chi connectivity index (χ0n) is 11.6. The number of hydrogen-bond acceptors (Lipinski definition) is 4. The van der Waals surface area contributed by atoms with E-state index in [2.05, 4.69) is 0 Å². The lowest BCUT2D eigenvalue weighted by Crippen LogP contribution is -2.48. The monoisotopic (exact) mass is 277 g/mol. The Morgan fingerprint density at radius 3 is 2.00 bits per heavy atom. The Labute approximate surface area is 117 Å². The van der Waals surface area contributed by atoms with Crippen LogP contribution >= 0.6 is 0 Å². The van der Waals surface area contributed by atoms with Gasteiger partial charge >= 0.3 is 0 Å². The fraction of sp³-hybridized carbons (Fsp3) is 0.467. The van der Waals surface area contributed by atoms with Crippen molar-refractivity contribution in [2.24, 2.45) is 5.92 Å². The summed E-state index contributed by atoms with van der Waals surface area (Å²) in [5.41, 5.74) is 0.716. The second-order valence-corrected chi connectivity index (χ2v) is 5.47. The number of carbonyl (C=O) groups is 2. The Balaban J connectivity index is 2.36. The summed E-state index contributed by atoms with van der Waals surface area (Å²) in [6.45, 7) is 3.40. The van der Waals surface area contributed by atoms with Gasteiger partial charge in [-0.2, -0.15) is 0 Å². The van der Waals surface area contributed by atoms with Crippen molar-refractivity contribution >= 4 is 11.8 Å². The molecule has 2 N–H and O–H groups in total. The number of carbonyl (C=O) groups excluding carboxylic acids is 2. The van der Waals surface area contributed by atoms with E-state index >= 15 is 0 Å². The zero-order chi connectivity index (χ0) is 14.9. The summed E-state index contributed by atoms with van der Waals surface area (Å²) in [5.74, 6) is -0.613. The molecule has 0 saturated carbocycles. The molecule has 0 fully saturated rings. The van der Waals surface area contributed by atoms with Crippen LogP contribution in [-0.2, 0) is 0 Å². The van der Waals surface area contributed by atoms with E-state index in [4.69, 9.17) is 5.11 Å². The Morgan fingerprint density at radius 1 is 1.10 bits per heavy atom. The number of hydrogen-bond donors (Lipinski definition) is 2. The van der Waals surface area contributed by atoms with Crippen LogP contribution in [0.1, 0.15) is 41.0 Å². The van der Waals surface area contributed by atoms with Gasteiger partial charge in [0.25, 0.3) is 11.8 Å². The molecule has 0 aliphatic carbocycles. The highest BCUT2D eigenvalue weighted by molar-refractivity contribution is 6.21. The van der Waals surface area contributed by atoms with E-state index in [0.29, 0.717) is 17.5 Å². The molecule has 20 heavy (non-hydrogen) atoms. The average molecular weight is 277 g/mol. The number of rotatable bonds is 5. The van der Waals surface area contributed by atoms with E-state index < -0.39 is 30.6 Å². The first-order chi connectivity index (χ1) is 9.47. The standard InChI is InChI=1S/C15H19NO4/c1-9(2)7-12(13(18)8-17)16-14(19)10-5-3-4-6-11(10)15(16)20/h3-6,9,12-13,17-18H,7-8H2,1-2H3/t12-,13+/m0/s1. The van der Waals surface area contributed by atoms with Crippen LogP contribution in [0.25, 0.3) is 0 Å². The molecule has 108 valence electrons. The van der Waals surface area contributed by atoms with Gasteiger partial charge in [0.15, 0.2) is 0 Å². The molecule has 0 radical (unpaired) electrons. The Morgan fingerprint density at radius 2 is 1.60 bits per heavy atom. The second-order valence-electron chi connectivity index (χ2n) is 5.47. The SMILES string of the molecule is CC(C)C[C@@H]([C@H](O)CO)N1C(=O)c2ccccc2C1=O. The minimum absolute atomic E-state index is 0.186. The lowest BCUT2D eigenvalue weighted by molar-refractivity contribution is 0.00907. The summed E-state index contributed by atoms with van der Waals surface area (Å²) in [4.78, 5) is 25.8. The van der Waals surface area contributed by atoms with Gasteiger partial charge in [-0.1, -0.05) is 26.0 Å². The first-order valence-corrected chi connectivity index (χ1v) is 6.73. The minimum atomic E-state index is -1.13. The predicted octanol–water partition coefficient (Wildman–Crippen LogP) is 1.05. The van der Waals surface area contributed by atoms with Crippen molar-refractivity contribution in [2.75, 3.05) is 6.61 Å². The van der Waals surface area contributed by atoms with E-state index in [1.54, 1.807) is 24.3 Å². The zero-order valence-corrected chi connectivity index (χ0v) is 11.6. The number of imide groups is 1. The number of fused-ring (bicyclic) bond motifs is 1. The van der Waals surface area contributed by atoms with E-state index in [1.165, 1.54) is 0 Å². The van der Waals surface area contributed by atoms with Gasteiger partial charge in [0.1, 0.15) is 0 Å². The molecule has 0 aromatic heterocycles. The van der Waals surface area contributed by atoms with Gasteiger partial charge in [-0.15, -0.1) is 0 Å². The van der Waals surface area contributed by atoms with Crippen LogP contribution in [0.5, 0.6) is 0 Å². The molecule has 1 aromatic carbocycles. The number of nitrogens with zero attached hydrogens (tertiary/aromatic N) is 1. The summed E-state index contributed by atoms with van der Waals surface area (Å²) < 4.78 is 0. The van der Waals surface area contributed by atoms with Crippen molar-refractivity contribution in [1.29, 1.82) is 0 Å². The molecule has 5 nitrogen and oxygen atoms in total. The van der Waals surface area contributed by atoms with Crippen molar-refractivity contribution in [2.45, 2.75) is 32.4 Å². The van der Waals surface area contributed by atoms with Crippen LogP contribution in [0.15, 0.2) is 24.3 Å². The van der Waals surface area contributed by atoms with Gasteiger partial charge in [0, 0.05) is 0 Å². The molecular weight excluding hydrogens is 258 g/mol. The number of benzene rings is 1. The molecule has 1 aliphatic heterocycles. The van der Waals surface area contributed by atoms with Gasteiger partial charge in [-0.3, -0.25) is 14.5 Å². The largest absolute Gasteiger partial charge is 0.394 e. The fourth-order valence-corrected chi connectivity index (χ4v) is 2.55. The topological polar surface area (TPSA) is 77.8 Å². The lowest BCUT2D eigenvalue weighted by Gasteiger charge is -2.30.